The average Bonchev–Trinajstić information content (AvgIpc) is 3.50. The summed E-state index contributed by atoms with van der Waals surface area (Å²) in [6.45, 7) is 7.68. The summed E-state index contributed by atoms with van der Waals surface area (Å²) in [7, 11) is 0. The van der Waals surface area contributed by atoms with E-state index in [1.807, 2.05) is 39.8 Å². The zero-order chi connectivity index (χ0) is 38.8. The van der Waals surface area contributed by atoms with Crippen molar-refractivity contribution in [1.29, 1.82) is 0 Å². The van der Waals surface area contributed by atoms with E-state index in [1.165, 1.54) is 4.90 Å². The van der Waals surface area contributed by atoms with E-state index in [0.29, 0.717) is 42.1 Å². The minimum Gasteiger partial charge on any atom is -0.387 e. The van der Waals surface area contributed by atoms with Gasteiger partial charge in [0.25, 0.3) is 11.8 Å². The molecule has 1 saturated carbocycles. The molecule has 0 unspecified atom stereocenters. The van der Waals surface area contributed by atoms with Gasteiger partial charge in [-0.25, -0.2) is 0 Å². The molecule has 4 aliphatic rings. The number of likely N-dealkylation sites (tertiary alicyclic amines) is 2. The largest absolute Gasteiger partial charge is 0.387 e. The molecule has 5 amide bonds. The maximum Gasteiger partial charge on any atom is 0.289 e. The summed E-state index contributed by atoms with van der Waals surface area (Å²) in [5.74, 6) is -3.33. The van der Waals surface area contributed by atoms with Crippen molar-refractivity contribution in [3.05, 3.63) is 70.7 Å². The monoisotopic (exact) mass is 760 g/mol. The number of nitrogens with one attached hydrogen (secondary N) is 3. The van der Waals surface area contributed by atoms with Crippen molar-refractivity contribution in [3.8, 4) is 0 Å². The number of nitrogens with zero attached hydrogens (tertiary/aromatic N) is 3. The van der Waals surface area contributed by atoms with Gasteiger partial charge >= 0.3 is 0 Å². The molecule has 13 nitrogen and oxygen atoms in total. The Labute approximate surface area is 320 Å². The van der Waals surface area contributed by atoms with E-state index in [1.54, 1.807) is 47.4 Å². The number of rotatable bonds is 12. The van der Waals surface area contributed by atoms with E-state index in [2.05, 4.69) is 21.1 Å². The van der Waals surface area contributed by atoms with Crippen LogP contribution in [0.4, 0.5) is 0 Å². The summed E-state index contributed by atoms with van der Waals surface area (Å²) in [6.07, 6.45) is 3.74. The number of Topliss-reactive ketones (excluding diaryl/α,β-unsaturated/α-hetero) is 1. The van der Waals surface area contributed by atoms with Gasteiger partial charge in [0.05, 0.1) is 18.3 Å². The highest BCUT2D eigenvalue weighted by molar-refractivity contribution is 6.38. The van der Waals surface area contributed by atoms with Crippen molar-refractivity contribution in [1.82, 2.24) is 25.8 Å². The number of carbonyl (C=O) groups is 6. The summed E-state index contributed by atoms with van der Waals surface area (Å²) < 4.78 is 0. The van der Waals surface area contributed by atoms with E-state index in [0.717, 1.165) is 18.4 Å². The molecule has 5 atom stereocenters. The Morgan fingerprint density at radius 2 is 1.67 bits per heavy atom. The molecule has 6 rings (SSSR count). The van der Waals surface area contributed by atoms with E-state index in [9.17, 15) is 28.8 Å². The van der Waals surface area contributed by atoms with E-state index < -0.39 is 64.6 Å². The van der Waals surface area contributed by atoms with Crippen molar-refractivity contribution in [3.63, 3.8) is 0 Å². The van der Waals surface area contributed by atoms with Gasteiger partial charge in [-0.15, -0.1) is 0 Å². The summed E-state index contributed by atoms with van der Waals surface area (Å²) in [6, 6.07) is 11.8. The molecule has 3 fully saturated rings. The normalized spacial score (nSPS) is 23.3. The number of ketones is 1. The lowest BCUT2D eigenvalue weighted by molar-refractivity contribution is -0.145. The molecule has 2 aromatic carbocycles. The fraction of sp³-hybridized carbons (Fsp3) is 0.525. The number of carbonyl (C=O) groups excluding carboxylic acids is 6. The van der Waals surface area contributed by atoms with Crippen molar-refractivity contribution >= 4 is 52.6 Å². The average molecular weight is 761 g/mol. The molecule has 3 aliphatic heterocycles. The molecule has 2 aromatic rings. The molecular weight excluding hydrogens is 712 g/mol. The Balaban J connectivity index is 1.25. The first-order valence-electron chi connectivity index (χ1n) is 18.8. The van der Waals surface area contributed by atoms with Gasteiger partial charge in [-0.3, -0.25) is 28.8 Å². The van der Waals surface area contributed by atoms with Crippen LogP contribution in [0, 0.1) is 5.41 Å². The van der Waals surface area contributed by atoms with Crippen molar-refractivity contribution in [2.24, 2.45) is 10.6 Å². The van der Waals surface area contributed by atoms with Crippen LogP contribution in [0.1, 0.15) is 95.0 Å². The van der Waals surface area contributed by atoms with Crippen LogP contribution in [0.5, 0.6) is 0 Å². The predicted molar refractivity (Wildman–Crippen MR) is 201 cm³/mol. The van der Waals surface area contributed by atoms with E-state index in [4.69, 9.17) is 16.4 Å². The number of amides is 5. The van der Waals surface area contributed by atoms with Gasteiger partial charge in [0.15, 0.2) is 5.60 Å². The van der Waals surface area contributed by atoms with Crippen LogP contribution in [0.2, 0.25) is 5.02 Å². The molecule has 0 radical (unpaired) electrons. The fourth-order valence-corrected chi connectivity index (χ4v) is 7.69. The second-order valence-corrected chi connectivity index (χ2v) is 16.4. The smallest absolute Gasteiger partial charge is 0.289 e. The summed E-state index contributed by atoms with van der Waals surface area (Å²) in [5.41, 5.74) is -0.0904. The summed E-state index contributed by atoms with van der Waals surface area (Å²) >= 11 is 6.27. The first kappa shape index (κ1) is 38.9. The Morgan fingerprint density at radius 3 is 2.33 bits per heavy atom. The first-order valence-corrected chi connectivity index (χ1v) is 19.2. The van der Waals surface area contributed by atoms with Gasteiger partial charge in [0.1, 0.15) is 18.1 Å². The van der Waals surface area contributed by atoms with Gasteiger partial charge in [0.2, 0.25) is 23.5 Å². The maximum atomic E-state index is 14.8. The zero-order valence-corrected chi connectivity index (χ0v) is 32.0. The highest BCUT2D eigenvalue weighted by Gasteiger charge is 2.56. The second kappa shape index (κ2) is 15.9. The van der Waals surface area contributed by atoms with Crippen LogP contribution in [0.25, 0.3) is 0 Å². The van der Waals surface area contributed by atoms with Crippen molar-refractivity contribution in [2.75, 3.05) is 13.1 Å². The third-order valence-corrected chi connectivity index (χ3v) is 10.8. The van der Waals surface area contributed by atoms with Crippen molar-refractivity contribution < 1.29 is 33.6 Å². The van der Waals surface area contributed by atoms with Gasteiger partial charge in [-0.05, 0) is 61.8 Å². The summed E-state index contributed by atoms with van der Waals surface area (Å²) in [5, 5.41) is 13.3. The minimum absolute atomic E-state index is 0.0312. The van der Waals surface area contributed by atoms with Crippen LogP contribution in [0.3, 0.4) is 0 Å². The van der Waals surface area contributed by atoms with Crippen LogP contribution in [0.15, 0.2) is 59.8 Å². The second-order valence-electron chi connectivity index (χ2n) is 16.0. The van der Waals surface area contributed by atoms with Crippen LogP contribution < -0.4 is 16.0 Å². The lowest BCUT2D eigenvalue weighted by atomic mass is 9.85. The van der Waals surface area contributed by atoms with Crippen molar-refractivity contribution in [2.45, 2.75) is 115 Å². The molecule has 14 heteroatoms. The molecule has 1 aliphatic carbocycles. The highest BCUT2D eigenvalue weighted by atomic mass is 35.5. The molecule has 0 aromatic heterocycles. The highest BCUT2D eigenvalue weighted by Crippen LogP contribution is 2.40. The standard InChI is InChI=1S/C40H49ClN6O7/c1-5-11-28(32(48)36(51)42-27-17-18-27)43-35(50)31-22-40(21-29(45-54-40)25-14-9-15-26(41)20-25)23-47(31)38(53)33(39(2,3)4)44-34(49)30-16-10-19-46(30)37(52)24-12-7-6-8-13-24/h6-9,12-15,20,27-28,30-31,33H,5,10-11,16-19,21-23H2,1-4H3,(H,42,51)(H,43,50)(H,44,49)/t28-,30-,31-,33+,40+/m0/s1. The molecular formula is C40H49ClN6O7. The lowest BCUT2D eigenvalue weighted by Gasteiger charge is -2.36. The Morgan fingerprint density at radius 1 is 0.944 bits per heavy atom. The molecule has 288 valence electrons. The third-order valence-electron chi connectivity index (χ3n) is 10.6. The SMILES string of the molecule is CCC[C@H](NC(=O)[C@@H]1C[C@]2(CC(c3cccc(Cl)c3)=NO2)CN1C(=O)[C@@H](NC(=O)[C@@H]1CCCN1C(=O)c1ccccc1)C(C)(C)C)C(=O)C(=O)NC1CC1. The number of benzene rings is 2. The number of hydrogen-bond acceptors (Lipinski definition) is 8. The van der Waals surface area contributed by atoms with E-state index >= 15 is 0 Å². The third kappa shape index (κ3) is 8.61. The lowest BCUT2D eigenvalue weighted by Crippen LogP contribution is -2.61. The van der Waals surface area contributed by atoms with Crippen LogP contribution >= 0.6 is 11.6 Å². The number of halogens is 1. The molecule has 2 saturated heterocycles. The number of hydrogen-bond donors (Lipinski definition) is 3. The fourth-order valence-electron chi connectivity index (χ4n) is 7.50. The Hall–Kier alpha value is -4.78. The topological polar surface area (TPSA) is 167 Å². The first-order chi connectivity index (χ1) is 25.7. The van der Waals surface area contributed by atoms with Crippen LogP contribution in [-0.2, 0) is 28.8 Å². The van der Waals surface area contributed by atoms with E-state index in [-0.39, 0.29) is 37.8 Å². The predicted octanol–water partition coefficient (Wildman–Crippen LogP) is 3.77. The molecule has 3 heterocycles. The number of oxime groups is 1. The van der Waals surface area contributed by atoms with Crippen LogP contribution in [-0.4, -0.2) is 99.7 Å². The van der Waals surface area contributed by atoms with Gasteiger partial charge in [0, 0.05) is 41.6 Å². The van der Waals surface area contributed by atoms with Gasteiger partial charge < -0.3 is 30.6 Å². The Bertz CT molecular complexity index is 1830. The quantitative estimate of drug-likeness (QED) is 0.277. The Kier molecular flexibility index (Phi) is 11.5. The molecule has 54 heavy (non-hydrogen) atoms. The zero-order valence-electron chi connectivity index (χ0n) is 31.2. The minimum atomic E-state index is -1.12. The molecule has 3 N–H and O–H groups in total. The summed E-state index contributed by atoms with van der Waals surface area (Å²) in [4.78, 5) is 91.6. The van der Waals surface area contributed by atoms with Gasteiger partial charge in [-0.2, -0.15) is 0 Å². The molecule has 1 spiro atoms. The van der Waals surface area contributed by atoms with Gasteiger partial charge in [-0.1, -0.05) is 81.2 Å². The maximum absolute atomic E-state index is 14.8. The molecule has 0 bridgehead atoms.